The van der Waals surface area contributed by atoms with Crippen LogP contribution in [0.15, 0.2) is 41.7 Å². The Kier molecular flexibility index (Phi) is 3.23. The molecule has 0 saturated heterocycles. The van der Waals surface area contributed by atoms with E-state index in [2.05, 4.69) is 20.1 Å². The number of benzene rings is 1. The molecule has 106 valence electrons. The lowest BCUT2D eigenvalue weighted by Gasteiger charge is -2.07. The van der Waals surface area contributed by atoms with Crippen LogP contribution in [0.1, 0.15) is 11.5 Å². The van der Waals surface area contributed by atoms with Crippen molar-refractivity contribution in [3.8, 4) is 5.95 Å². The first-order valence-corrected chi connectivity index (χ1v) is 6.42. The average molecular weight is 282 g/mol. The predicted octanol–water partition coefficient (Wildman–Crippen LogP) is 1.41. The normalized spacial score (nSPS) is 12.0. The van der Waals surface area contributed by atoms with Gasteiger partial charge in [-0.15, -0.1) is 0 Å². The number of amidine groups is 1. The highest BCUT2D eigenvalue weighted by Gasteiger charge is 2.15. The molecule has 0 spiro atoms. The number of rotatable bonds is 3. The van der Waals surface area contributed by atoms with E-state index in [1.165, 1.54) is 0 Å². The first-order chi connectivity index (χ1) is 10.2. The summed E-state index contributed by atoms with van der Waals surface area (Å²) in [6.45, 7) is 1.90. The molecule has 3 N–H and O–H groups in total. The van der Waals surface area contributed by atoms with E-state index < -0.39 is 0 Å². The van der Waals surface area contributed by atoms with Crippen molar-refractivity contribution >= 4 is 16.9 Å². The van der Waals surface area contributed by atoms with E-state index in [0.29, 0.717) is 11.8 Å². The summed E-state index contributed by atoms with van der Waals surface area (Å²) in [5.74, 6) is 1.22. The standard InChI is InChI=1S/C14H14N6O/c1-9-6-7-16-14(17-9)20-11-5-3-2-4-10(11)18-13(20)8-12(15)19-21/h2-7,21H,8H2,1H3,(H2,15,19). The maximum absolute atomic E-state index is 8.77. The largest absolute Gasteiger partial charge is 0.409 e. The van der Waals surface area contributed by atoms with Gasteiger partial charge in [-0.3, -0.25) is 4.57 Å². The fourth-order valence-corrected chi connectivity index (χ4v) is 2.16. The second-order valence-electron chi connectivity index (χ2n) is 4.62. The topological polar surface area (TPSA) is 102 Å². The molecule has 7 nitrogen and oxygen atoms in total. The van der Waals surface area contributed by atoms with Crippen molar-refractivity contribution in [1.29, 1.82) is 0 Å². The molecule has 3 rings (SSSR count). The number of hydrogen-bond donors (Lipinski definition) is 2. The summed E-state index contributed by atoms with van der Waals surface area (Å²) in [6.07, 6.45) is 1.90. The van der Waals surface area contributed by atoms with Gasteiger partial charge in [-0.05, 0) is 25.1 Å². The van der Waals surface area contributed by atoms with Crippen molar-refractivity contribution in [3.05, 3.63) is 48.0 Å². The Hall–Kier alpha value is -2.96. The van der Waals surface area contributed by atoms with Crippen LogP contribution in [-0.4, -0.2) is 30.6 Å². The predicted molar refractivity (Wildman–Crippen MR) is 78.5 cm³/mol. The van der Waals surface area contributed by atoms with E-state index >= 15 is 0 Å². The van der Waals surface area contributed by atoms with Crippen molar-refractivity contribution in [2.45, 2.75) is 13.3 Å². The van der Waals surface area contributed by atoms with E-state index in [-0.39, 0.29) is 12.3 Å². The van der Waals surface area contributed by atoms with Crippen LogP contribution in [0.4, 0.5) is 0 Å². The average Bonchev–Trinajstić information content (AvgIpc) is 2.84. The first-order valence-electron chi connectivity index (χ1n) is 6.42. The van der Waals surface area contributed by atoms with Gasteiger partial charge in [-0.2, -0.15) is 0 Å². The van der Waals surface area contributed by atoms with Gasteiger partial charge < -0.3 is 10.9 Å². The lowest BCUT2D eigenvalue weighted by Crippen LogP contribution is -2.18. The Morgan fingerprint density at radius 3 is 2.86 bits per heavy atom. The molecule has 0 fully saturated rings. The number of fused-ring (bicyclic) bond motifs is 1. The quantitative estimate of drug-likeness (QED) is 0.327. The third-order valence-electron chi connectivity index (χ3n) is 3.08. The number of hydrogen-bond acceptors (Lipinski definition) is 5. The smallest absolute Gasteiger partial charge is 0.235 e. The zero-order chi connectivity index (χ0) is 14.8. The SMILES string of the molecule is Cc1ccnc(-n2c(CC(N)=NO)nc3ccccc32)n1. The molecule has 0 aliphatic rings. The molecular formula is C14H14N6O. The third kappa shape index (κ3) is 2.40. The Balaban J connectivity index is 2.25. The molecule has 7 heteroatoms. The van der Waals surface area contributed by atoms with Gasteiger partial charge in [0.2, 0.25) is 5.95 Å². The molecule has 0 amide bonds. The van der Waals surface area contributed by atoms with Gasteiger partial charge in [0.05, 0.1) is 17.5 Å². The van der Waals surface area contributed by atoms with E-state index in [1.54, 1.807) is 6.20 Å². The zero-order valence-electron chi connectivity index (χ0n) is 11.4. The second-order valence-corrected chi connectivity index (χ2v) is 4.62. The number of oxime groups is 1. The van der Waals surface area contributed by atoms with Gasteiger partial charge in [-0.25, -0.2) is 15.0 Å². The highest BCUT2D eigenvalue weighted by Crippen LogP contribution is 2.19. The monoisotopic (exact) mass is 282 g/mol. The number of nitrogens with two attached hydrogens (primary N) is 1. The molecule has 1 aromatic carbocycles. The number of aryl methyl sites for hydroxylation is 1. The van der Waals surface area contributed by atoms with E-state index in [1.807, 2.05) is 41.8 Å². The van der Waals surface area contributed by atoms with Crippen LogP contribution in [0.25, 0.3) is 17.0 Å². The minimum Gasteiger partial charge on any atom is -0.409 e. The summed E-state index contributed by atoms with van der Waals surface area (Å²) < 4.78 is 1.82. The fourth-order valence-electron chi connectivity index (χ4n) is 2.16. The molecule has 2 heterocycles. The molecule has 0 bridgehead atoms. The molecule has 21 heavy (non-hydrogen) atoms. The molecule has 3 aromatic rings. The molecule has 0 unspecified atom stereocenters. The van der Waals surface area contributed by atoms with Crippen LogP contribution in [-0.2, 0) is 6.42 Å². The van der Waals surface area contributed by atoms with E-state index in [9.17, 15) is 0 Å². The second kappa shape index (κ2) is 5.20. The van der Waals surface area contributed by atoms with E-state index in [0.717, 1.165) is 16.7 Å². The molecule has 0 saturated carbocycles. The fraction of sp³-hybridized carbons (Fsp3) is 0.143. The Morgan fingerprint density at radius 1 is 1.29 bits per heavy atom. The van der Waals surface area contributed by atoms with Crippen molar-refractivity contribution in [1.82, 2.24) is 19.5 Å². The van der Waals surface area contributed by atoms with Crippen molar-refractivity contribution in [2.24, 2.45) is 10.9 Å². The lowest BCUT2D eigenvalue weighted by atomic mass is 10.3. The van der Waals surface area contributed by atoms with Crippen LogP contribution in [0.3, 0.4) is 0 Å². The van der Waals surface area contributed by atoms with Crippen molar-refractivity contribution in [2.75, 3.05) is 0 Å². The Bertz CT molecular complexity index is 823. The summed E-state index contributed by atoms with van der Waals surface area (Å²) in [7, 11) is 0. The number of nitrogens with zero attached hydrogens (tertiary/aromatic N) is 5. The van der Waals surface area contributed by atoms with Gasteiger partial charge in [0.25, 0.3) is 0 Å². The highest BCUT2D eigenvalue weighted by atomic mass is 16.4. The van der Waals surface area contributed by atoms with E-state index in [4.69, 9.17) is 10.9 Å². The van der Waals surface area contributed by atoms with Crippen LogP contribution in [0, 0.1) is 6.92 Å². The van der Waals surface area contributed by atoms with Gasteiger partial charge >= 0.3 is 0 Å². The first kappa shape index (κ1) is 13.0. The third-order valence-corrected chi connectivity index (χ3v) is 3.08. The minimum absolute atomic E-state index is 0.0826. The molecule has 0 atom stereocenters. The van der Waals surface area contributed by atoms with Crippen molar-refractivity contribution in [3.63, 3.8) is 0 Å². The number of para-hydroxylation sites is 2. The van der Waals surface area contributed by atoms with Gasteiger partial charge in [0.1, 0.15) is 11.7 Å². The highest BCUT2D eigenvalue weighted by molar-refractivity contribution is 5.84. The zero-order valence-corrected chi connectivity index (χ0v) is 11.4. The number of imidazole rings is 1. The van der Waals surface area contributed by atoms with Crippen LogP contribution in [0.5, 0.6) is 0 Å². The minimum atomic E-state index is 0.0826. The van der Waals surface area contributed by atoms with Gasteiger partial charge in [-0.1, -0.05) is 17.3 Å². The van der Waals surface area contributed by atoms with Crippen LogP contribution < -0.4 is 5.73 Å². The maximum Gasteiger partial charge on any atom is 0.235 e. The van der Waals surface area contributed by atoms with Crippen molar-refractivity contribution < 1.29 is 5.21 Å². The lowest BCUT2D eigenvalue weighted by molar-refractivity contribution is 0.317. The number of aromatic nitrogens is 4. The summed E-state index contributed by atoms with van der Waals surface area (Å²) in [4.78, 5) is 13.2. The maximum atomic E-state index is 8.77. The molecule has 2 aromatic heterocycles. The molecule has 0 radical (unpaired) electrons. The Morgan fingerprint density at radius 2 is 2.10 bits per heavy atom. The van der Waals surface area contributed by atoms with Crippen LogP contribution in [0.2, 0.25) is 0 Å². The molecule has 0 aliphatic carbocycles. The van der Waals surface area contributed by atoms with Crippen LogP contribution >= 0.6 is 0 Å². The summed E-state index contributed by atoms with van der Waals surface area (Å²) in [5.41, 5.74) is 8.15. The summed E-state index contributed by atoms with van der Waals surface area (Å²) in [5, 5.41) is 11.8. The van der Waals surface area contributed by atoms with Gasteiger partial charge in [0.15, 0.2) is 0 Å². The summed E-state index contributed by atoms with van der Waals surface area (Å²) >= 11 is 0. The Labute approximate surface area is 120 Å². The van der Waals surface area contributed by atoms with Gasteiger partial charge in [0, 0.05) is 11.9 Å². The summed E-state index contributed by atoms with van der Waals surface area (Å²) in [6, 6.07) is 9.49. The molecule has 0 aliphatic heterocycles. The molecular weight excluding hydrogens is 268 g/mol.